The SMILES string of the molecule is O=C(CCCCc1ccc2ccc3cccc4ccc1c2c34)NCCNCCNCCNCCNC[C@H]1O[C@@H]2O[C@H]3[C@H](O)[C@@H](O)[C@@H](O[C@H]4[C@H](O)[C@@H](O)[C@@H](O[C@H]5[C@H](O)[C@@H](O)[C@@H](O[C@H]6[C@H](O)[C@@H](O)[C@@H](O[C@H]7[C@H](O)[C@@H](O)[C@@H](O[C@H]8[C@H](O)[C@@H](O)[C@@H](O[C@H]1[C@H](O)[C@H]2O)O[C@@H]8CO)O[C@@H]7CO)O[C@@H]6CO)O[C@@H]5CO)O[C@@H]4CO)O[C@@H]3CO. The van der Waals surface area contributed by atoms with E-state index >= 15 is 0 Å². The monoisotopic (exact) mass is 1590 g/mol. The Kier molecular flexibility index (Phi) is 30.6. The van der Waals surface area contributed by atoms with Crippen molar-refractivity contribution in [3.63, 3.8) is 0 Å². The standard InChI is InChI=1S/C71H107N5O35/c77-23-35-59-46(86)53(93)67(100-35)108-61-37(25-79)102-69(55(95)48(61)88)110-63-39(27-81)104-71(57(97)50(63)90)111-64-40(28-82)103-70(56(96)49(64)89)109-62-38(26-80)101-68(54(94)47(62)87)107-60-36(24-78)99-66(52(92)45(60)85)105-58-34(98-65(106-59)51(91)44(58)84)22-75-19-18-73-15-14-72-16-17-74-20-21-76-41(83)7-2-1-4-29-8-9-32-11-10-30-5-3-6-31-12-13-33(29)43(32)42(30)31/h3,5-6,8-13,34-40,44-75,77-82,84-97H,1-2,4,7,14-28H2,(H,76,83)/t34-,35-,36-,37-,38-,39-,40-,44-,45-,46-,47-,48-,49-,50-,51-,52-,53-,54-,55-,56-,57-,58-,59-,60-,61-,62-,63-,64-,65-,66-,67-,68-,69-,70-,71-/m1/s1. The van der Waals surface area contributed by atoms with E-state index in [1.54, 1.807) is 0 Å². The lowest BCUT2D eigenvalue weighted by molar-refractivity contribution is -0.396. The summed E-state index contributed by atoms with van der Waals surface area (Å²) in [4.78, 5) is 12.7. The molecule has 0 aromatic heterocycles. The van der Waals surface area contributed by atoms with Crippen LogP contribution in [-0.2, 0) is 77.5 Å². The highest BCUT2D eigenvalue weighted by Gasteiger charge is 2.60. The molecule has 21 heterocycles. The zero-order chi connectivity index (χ0) is 79.1. The summed E-state index contributed by atoms with van der Waals surface area (Å²) in [6.45, 7) is -2.69. The van der Waals surface area contributed by atoms with E-state index < -0.39 is 255 Å². The van der Waals surface area contributed by atoms with Crippen LogP contribution in [0.1, 0.15) is 24.8 Å². The summed E-state index contributed by atoms with van der Waals surface area (Å²) >= 11 is 0. The van der Waals surface area contributed by atoms with E-state index in [-0.39, 0.29) is 19.0 Å². The molecule has 21 saturated heterocycles. The number of aliphatic hydroxyl groups is 20. The van der Waals surface area contributed by atoms with Gasteiger partial charge < -0.3 is 195 Å². The van der Waals surface area contributed by atoms with Crippen LogP contribution < -0.4 is 26.6 Å². The minimum Gasteiger partial charge on any atom is -0.394 e. The zero-order valence-electron chi connectivity index (χ0n) is 60.4. The molecule has 1 amide bonds. The van der Waals surface area contributed by atoms with Gasteiger partial charge in [-0.25, -0.2) is 0 Å². The molecule has 626 valence electrons. The predicted molar refractivity (Wildman–Crippen MR) is 374 cm³/mol. The number of hydrogen-bond donors (Lipinski definition) is 25. The number of carbonyl (C=O) groups excluding carboxylic acids is 1. The second-order valence-electron chi connectivity index (χ2n) is 29.1. The average Bonchev–Trinajstić information content (AvgIpc) is 0.765. The van der Waals surface area contributed by atoms with Crippen molar-refractivity contribution in [2.45, 2.75) is 241 Å². The second-order valence-corrected chi connectivity index (χ2v) is 29.1. The van der Waals surface area contributed by atoms with Crippen LogP contribution in [-0.4, -0.2) is 422 Å². The highest BCUT2D eigenvalue weighted by atomic mass is 16.8. The third-order valence-electron chi connectivity index (χ3n) is 21.7. The van der Waals surface area contributed by atoms with E-state index in [1.165, 1.54) is 37.9 Å². The van der Waals surface area contributed by atoms with Gasteiger partial charge in [-0.2, -0.15) is 0 Å². The van der Waals surface area contributed by atoms with Gasteiger partial charge in [0.2, 0.25) is 5.91 Å². The summed E-state index contributed by atoms with van der Waals surface area (Å²) in [7, 11) is 0. The topological polar surface area (TPSA) is 611 Å². The maximum atomic E-state index is 12.7. The van der Waals surface area contributed by atoms with Gasteiger partial charge >= 0.3 is 0 Å². The molecule has 25 rings (SSSR count). The lowest BCUT2D eigenvalue weighted by Crippen LogP contribution is -2.68. The van der Waals surface area contributed by atoms with Crippen LogP contribution in [0.15, 0.2) is 54.6 Å². The van der Waals surface area contributed by atoms with Crippen molar-refractivity contribution < 1.29 is 173 Å². The molecule has 40 nitrogen and oxygen atoms in total. The summed E-state index contributed by atoms with van der Waals surface area (Å²) in [5, 5.41) is 249. The van der Waals surface area contributed by atoms with Crippen LogP contribution in [0, 0.1) is 0 Å². The minimum atomic E-state index is -2.22. The van der Waals surface area contributed by atoms with Crippen molar-refractivity contribution in [3.05, 3.63) is 60.2 Å². The summed E-state index contributed by atoms with van der Waals surface area (Å²) in [5.41, 5.74) is 1.27. The van der Waals surface area contributed by atoms with E-state index in [4.69, 9.17) is 66.3 Å². The third kappa shape index (κ3) is 19.0. The Morgan fingerprint density at radius 2 is 0.559 bits per heavy atom. The number of aryl methyl sites for hydroxylation is 1. The number of rotatable bonds is 25. The Balaban J connectivity index is 0.669. The summed E-state index contributed by atoms with van der Waals surface area (Å²) in [6, 6.07) is 19.5. The molecule has 4 aromatic carbocycles. The van der Waals surface area contributed by atoms with Crippen LogP contribution in [0.3, 0.4) is 0 Å². The quantitative estimate of drug-likeness (QED) is 0.0216. The van der Waals surface area contributed by atoms with Crippen molar-refractivity contribution >= 4 is 38.2 Å². The van der Waals surface area contributed by atoms with E-state index in [2.05, 4.69) is 81.2 Å². The van der Waals surface area contributed by atoms with E-state index in [0.717, 1.165) is 19.3 Å². The third-order valence-corrected chi connectivity index (χ3v) is 21.7. The lowest BCUT2D eigenvalue weighted by atomic mass is 9.90. The highest BCUT2D eigenvalue weighted by molar-refractivity contribution is 6.23. The summed E-state index contributed by atoms with van der Waals surface area (Å²) < 4.78 is 82.1. The molecular weight excluding hydrogens is 1480 g/mol. The summed E-state index contributed by atoms with van der Waals surface area (Å²) in [5.74, 6) is -0.00644. The number of amides is 1. The molecule has 0 spiro atoms. The Bertz CT molecular complexity index is 3490. The molecule has 4 aromatic rings. The zero-order valence-corrected chi connectivity index (χ0v) is 60.4. The van der Waals surface area contributed by atoms with Gasteiger partial charge in [0, 0.05) is 65.3 Å². The van der Waals surface area contributed by atoms with Crippen molar-refractivity contribution in [3.8, 4) is 0 Å². The van der Waals surface area contributed by atoms with Gasteiger partial charge in [-0.15, -0.1) is 0 Å². The van der Waals surface area contributed by atoms with E-state index in [1.807, 2.05) is 0 Å². The molecule has 0 radical (unpaired) electrons. The first-order chi connectivity index (χ1) is 53.5. The van der Waals surface area contributed by atoms with Gasteiger partial charge in [-0.05, 0) is 57.1 Å². The fourth-order valence-electron chi connectivity index (χ4n) is 15.6. The fourth-order valence-corrected chi connectivity index (χ4v) is 15.6. The van der Waals surface area contributed by atoms with Gasteiger partial charge in [0.25, 0.3) is 0 Å². The lowest BCUT2D eigenvalue weighted by Gasteiger charge is -2.50. The molecule has 0 aliphatic carbocycles. The Hall–Kier alpha value is -4.13. The van der Waals surface area contributed by atoms with Gasteiger partial charge in [-0.3, -0.25) is 4.79 Å². The first-order valence-corrected chi connectivity index (χ1v) is 37.6. The Labute approximate surface area is 635 Å². The van der Waals surface area contributed by atoms with Crippen molar-refractivity contribution in [1.29, 1.82) is 0 Å². The van der Waals surface area contributed by atoms with Crippen molar-refractivity contribution in [2.75, 3.05) is 98.5 Å². The molecule has 21 aliphatic heterocycles. The first-order valence-electron chi connectivity index (χ1n) is 37.6. The number of hydrogen-bond acceptors (Lipinski definition) is 39. The second kappa shape index (κ2) is 39.4. The van der Waals surface area contributed by atoms with Crippen LogP contribution in [0.2, 0.25) is 0 Å². The molecule has 35 atom stereocenters. The predicted octanol–water partition coefficient (Wildman–Crippen LogP) is -11.4. The molecule has 111 heavy (non-hydrogen) atoms. The molecule has 0 unspecified atom stereocenters. The summed E-state index contributed by atoms with van der Waals surface area (Å²) in [6.07, 6.45) is -67.0. The van der Waals surface area contributed by atoms with Crippen LogP contribution in [0.25, 0.3) is 32.3 Å². The Morgan fingerprint density at radius 3 is 0.883 bits per heavy atom. The number of nitrogens with one attached hydrogen (secondary N) is 5. The highest BCUT2D eigenvalue weighted by Crippen LogP contribution is 2.41. The Morgan fingerprint density at radius 1 is 0.288 bits per heavy atom. The maximum Gasteiger partial charge on any atom is 0.220 e. The molecular formula is C71H107N5O35. The molecule has 21 fully saturated rings. The first kappa shape index (κ1) is 86.2. The van der Waals surface area contributed by atoms with Crippen molar-refractivity contribution in [1.82, 2.24) is 26.6 Å². The fraction of sp³-hybridized carbons (Fsp3) is 0.761. The molecule has 25 N–H and O–H groups in total. The van der Waals surface area contributed by atoms with Gasteiger partial charge in [-0.1, -0.05) is 54.6 Å². The number of benzene rings is 4. The normalized spacial score (nSPS) is 42.1. The van der Waals surface area contributed by atoms with E-state index in [0.29, 0.717) is 52.2 Å². The van der Waals surface area contributed by atoms with Crippen molar-refractivity contribution in [2.24, 2.45) is 0 Å². The minimum absolute atomic E-state index is 0.00644. The van der Waals surface area contributed by atoms with Gasteiger partial charge in [0.15, 0.2) is 44.0 Å². The van der Waals surface area contributed by atoms with Gasteiger partial charge in [0.05, 0.1) is 39.6 Å². The molecule has 40 heteroatoms. The van der Waals surface area contributed by atoms with Crippen LogP contribution in [0.4, 0.5) is 0 Å². The molecule has 14 bridgehead atoms. The number of ether oxygens (including phenoxy) is 14. The van der Waals surface area contributed by atoms with E-state index in [9.17, 15) is 107 Å². The smallest absolute Gasteiger partial charge is 0.220 e. The van der Waals surface area contributed by atoms with Crippen LogP contribution >= 0.6 is 0 Å². The van der Waals surface area contributed by atoms with Crippen LogP contribution in [0.5, 0.6) is 0 Å². The molecule has 21 aliphatic rings. The average molecular weight is 1590 g/mol. The molecule has 0 saturated carbocycles. The number of carbonyl (C=O) groups is 1. The number of aliphatic hydroxyl groups excluding tert-OH is 20. The maximum absolute atomic E-state index is 12.7. The number of unbranched alkanes of at least 4 members (excludes halogenated alkanes) is 1. The largest absolute Gasteiger partial charge is 0.394 e. The van der Waals surface area contributed by atoms with Gasteiger partial charge in [0.1, 0.15) is 171 Å².